The van der Waals surface area contributed by atoms with Gasteiger partial charge in [0.05, 0.1) is 31.4 Å². The number of carbonyl (C=O) groups is 3. The average Bonchev–Trinajstić information content (AvgIpc) is 3.47. The summed E-state index contributed by atoms with van der Waals surface area (Å²) in [6, 6.07) is 4.97. The number of nitrogens with two attached hydrogens (primary N) is 1. The fraction of sp³-hybridized carbons (Fsp3) is 0.571. The number of aromatic amines is 1. The number of H-pyrrole nitrogens is 1. The van der Waals surface area contributed by atoms with Gasteiger partial charge in [0.1, 0.15) is 6.04 Å². The Kier molecular flexibility index (Phi) is 11.5. The van der Waals surface area contributed by atoms with Crippen LogP contribution in [0.25, 0.3) is 0 Å². The van der Waals surface area contributed by atoms with Crippen LogP contribution >= 0.6 is 11.8 Å². The number of hydrogen-bond donors (Lipinski definition) is 4. The number of ketones is 2. The van der Waals surface area contributed by atoms with E-state index in [0.717, 1.165) is 29.7 Å². The molecule has 5 N–H and O–H groups in total. The highest BCUT2D eigenvalue weighted by Crippen LogP contribution is 2.29. The number of aromatic nitrogens is 2. The van der Waals surface area contributed by atoms with Gasteiger partial charge in [0.2, 0.25) is 0 Å². The molecule has 0 saturated carbocycles. The summed E-state index contributed by atoms with van der Waals surface area (Å²) in [5.74, 6) is -1.12. The van der Waals surface area contributed by atoms with Crippen molar-refractivity contribution in [3.8, 4) is 0 Å². The predicted octanol–water partition coefficient (Wildman–Crippen LogP) is 2.22. The first-order valence-corrected chi connectivity index (χ1v) is 14.6. The summed E-state index contributed by atoms with van der Waals surface area (Å²) >= 11 is 1.48. The maximum Gasteiger partial charge on any atom is 0.323 e. The Morgan fingerprint density at radius 2 is 2.03 bits per heavy atom. The van der Waals surface area contributed by atoms with Crippen molar-refractivity contribution >= 4 is 29.3 Å². The lowest BCUT2D eigenvalue weighted by Gasteiger charge is -2.35. The van der Waals surface area contributed by atoms with Crippen LogP contribution in [0.2, 0.25) is 0 Å². The molecule has 38 heavy (non-hydrogen) atoms. The number of fused-ring (bicyclic) bond motifs is 1. The van der Waals surface area contributed by atoms with Crippen LogP contribution in [-0.2, 0) is 32.0 Å². The number of Topliss-reactive ketones (excluding diaryl/α,β-unsaturated/α-hetero) is 2. The van der Waals surface area contributed by atoms with E-state index in [1.54, 1.807) is 12.5 Å². The van der Waals surface area contributed by atoms with Gasteiger partial charge in [0, 0.05) is 36.7 Å². The molecule has 9 nitrogen and oxygen atoms in total. The van der Waals surface area contributed by atoms with E-state index in [1.165, 1.54) is 18.9 Å². The number of nitrogens with one attached hydrogen (secondary N) is 3. The molecule has 1 aliphatic rings. The number of carbonyl (C=O) groups excluding carboxylic acids is 3. The molecule has 1 aliphatic heterocycles. The monoisotopic (exact) mass is 543 g/mol. The molecule has 2 aromatic rings. The van der Waals surface area contributed by atoms with Crippen LogP contribution in [0.15, 0.2) is 36.8 Å². The van der Waals surface area contributed by atoms with Crippen molar-refractivity contribution in [2.75, 3.05) is 25.7 Å². The number of benzene rings is 1. The first kappa shape index (κ1) is 30.0. The molecule has 2 unspecified atom stereocenters. The molecule has 10 heteroatoms. The third-order valence-corrected chi connectivity index (χ3v) is 8.24. The van der Waals surface area contributed by atoms with Gasteiger partial charge in [-0.05, 0) is 36.1 Å². The highest BCUT2D eigenvalue weighted by Gasteiger charge is 2.42. The SMILES string of the molecule is CC[C@H](C)[C@H](N)C(N[C@H](C(=O)OC)[C@H](CSC)C(=O)C1NCCc2ccccc21)C(=O)CCc1cnc[nH]1. The Bertz CT molecular complexity index is 1060. The maximum atomic E-state index is 14.1. The number of hydrogen-bond acceptors (Lipinski definition) is 9. The topological polar surface area (TPSA) is 139 Å². The molecular formula is C28H41N5O4S. The van der Waals surface area contributed by atoms with E-state index in [4.69, 9.17) is 10.5 Å². The molecule has 3 rings (SSSR count). The van der Waals surface area contributed by atoms with Gasteiger partial charge in [-0.1, -0.05) is 44.5 Å². The number of methoxy groups -OCH3 is 1. The van der Waals surface area contributed by atoms with Gasteiger partial charge in [0.15, 0.2) is 11.6 Å². The summed E-state index contributed by atoms with van der Waals surface area (Å²) < 4.78 is 5.16. The Balaban J connectivity index is 1.91. The standard InChI is InChI=1S/C28H41N5O4S/c1-5-17(2)23(29)26(22(34)11-10-19-14-30-16-32-19)33-25(28(36)37-3)21(15-38-4)27(35)24-20-9-7-6-8-18(20)12-13-31-24/h6-9,14,16-17,21,23-26,31,33H,5,10-13,15,29H2,1-4H3,(H,30,32)/t17-,21-,23-,24?,25-,26?/m0/s1. The van der Waals surface area contributed by atoms with E-state index in [9.17, 15) is 14.4 Å². The summed E-state index contributed by atoms with van der Waals surface area (Å²) in [6.07, 6.45) is 7.45. The number of ether oxygens (including phenoxy) is 1. The Morgan fingerprint density at radius 1 is 1.26 bits per heavy atom. The number of rotatable bonds is 15. The minimum Gasteiger partial charge on any atom is -0.468 e. The summed E-state index contributed by atoms with van der Waals surface area (Å²) in [5.41, 5.74) is 9.51. The lowest BCUT2D eigenvalue weighted by Crippen LogP contribution is -2.61. The molecule has 0 fully saturated rings. The number of esters is 1. The summed E-state index contributed by atoms with van der Waals surface area (Å²) in [5, 5.41) is 6.59. The fourth-order valence-corrected chi connectivity index (χ4v) is 5.73. The van der Waals surface area contributed by atoms with E-state index in [0.29, 0.717) is 18.7 Å². The molecule has 0 bridgehead atoms. The molecule has 1 aromatic heterocycles. The smallest absolute Gasteiger partial charge is 0.323 e. The number of aryl methyl sites for hydroxylation is 1. The van der Waals surface area contributed by atoms with Gasteiger partial charge in [-0.15, -0.1) is 0 Å². The highest BCUT2D eigenvalue weighted by atomic mass is 32.2. The molecule has 0 amide bonds. The molecule has 2 heterocycles. The zero-order valence-electron chi connectivity index (χ0n) is 22.7. The molecule has 0 spiro atoms. The average molecular weight is 544 g/mol. The van der Waals surface area contributed by atoms with Crippen molar-refractivity contribution < 1.29 is 19.1 Å². The number of imidazole rings is 1. The van der Waals surface area contributed by atoms with E-state index >= 15 is 0 Å². The van der Waals surface area contributed by atoms with Crippen molar-refractivity contribution in [3.63, 3.8) is 0 Å². The highest BCUT2D eigenvalue weighted by molar-refractivity contribution is 7.98. The van der Waals surface area contributed by atoms with Crippen LogP contribution in [-0.4, -0.2) is 71.3 Å². The molecular weight excluding hydrogens is 502 g/mol. The van der Waals surface area contributed by atoms with E-state index in [1.807, 2.05) is 44.4 Å². The van der Waals surface area contributed by atoms with E-state index < -0.39 is 36.1 Å². The lowest BCUT2D eigenvalue weighted by atomic mass is 9.83. The molecule has 0 saturated heterocycles. The van der Waals surface area contributed by atoms with Gasteiger partial charge >= 0.3 is 5.97 Å². The van der Waals surface area contributed by atoms with Gasteiger partial charge in [-0.2, -0.15) is 11.8 Å². The zero-order valence-corrected chi connectivity index (χ0v) is 23.6. The third-order valence-electron chi connectivity index (χ3n) is 7.55. The first-order valence-electron chi connectivity index (χ1n) is 13.3. The molecule has 0 aliphatic carbocycles. The summed E-state index contributed by atoms with van der Waals surface area (Å²) in [4.78, 5) is 47.8. The Morgan fingerprint density at radius 3 is 2.68 bits per heavy atom. The largest absolute Gasteiger partial charge is 0.468 e. The summed E-state index contributed by atoms with van der Waals surface area (Å²) in [7, 11) is 1.30. The van der Waals surface area contributed by atoms with Crippen LogP contribution in [0, 0.1) is 11.8 Å². The molecule has 0 radical (unpaired) electrons. The van der Waals surface area contributed by atoms with Crippen molar-refractivity contribution in [2.24, 2.45) is 17.6 Å². The second kappa shape index (κ2) is 14.6. The van der Waals surface area contributed by atoms with Crippen LogP contribution in [0.4, 0.5) is 0 Å². The Hall–Kier alpha value is -2.53. The second-order valence-corrected chi connectivity index (χ2v) is 10.9. The van der Waals surface area contributed by atoms with Crippen LogP contribution in [0.5, 0.6) is 0 Å². The van der Waals surface area contributed by atoms with E-state index in [-0.39, 0.29) is 23.9 Å². The normalized spacial score (nSPS) is 19.0. The van der Waals surface area contributed by atoms with Crippen molar-refractivity contribution in [1.29, 1.82) is 0 Å². The Labute approximate surface area is 229 Å². The maximum absolute atomic E-state index is 14.1. The van der Waals surface area contributed by atoms with Crippen LogP contribution < -0.4 is 16.4 Å². The van der Waals surface area contributed by atoms with Gasteiger partial charge in [-0.3, -0.25) is 19.7 Å². The summed E-state index contributed by atoms with van der Waals surface area (Å²) in [6.45, 7) is 4.67. The fourth-order valence-electron chi connectivity index (χ4n) is 5.02. The van der Waals surface area contributed by atoms with Crippen molar-refractivity contribution in [3.05, 3.63) is 53.6 Å². The van der Waals surface area contributed by atoms with Gasteiger partial charge in [-0.25, -0.2) is 4.98 Å². The van der Waals surface area contributed by atoms with Crippen molar-refractivity contribution in [1.82, 2.24) is 20.6 Å². The second-order valence-electron chi connectivity index (χ2n) is 9.95. The molecule has 6 atom stereocenters. The lowest BCUT2D eigenvalue weighted by molar-refractivity contribution is -0.147. The zero-order chi connectivity index (χ0) is 27.7. The van der Waals surface area contributed by atoms with Crippen LogP contribution in [0.3, 0.4) is 0 Å². The number of nitrogens with zero attached hydrogens (tertiary/aromatic N) is 1. The van der Waals surface area contributed by atoms with Gasteiger partial charge in [0.25, 0.3) is 0 Å². The quantitative estimate of drug-likeness (QED) is 0.249. The van der Waals surface area contributed by atoms with Crippen molar-refractivity contribution in [2.45, 2.75) is 63.7 Å². The molecule has 208 valence electrons. The molecule has 1 aromatic carbocycles. The minimum atomic E-state index is -1.02. The van der Waals surface area contributed by atoms with Gasteiger partial charge < -0.3 is 20.8 Å². The third kappa shape index (κ3) is 7.31. The van der Waals surface area contributed by atoms with E-state index in [2.05, 4.69) is 20.6 Å². The number of thioether (sulfide) groups is 1. The van der Waals surface area contributed by atoms with Crippen LogP contribution in [0.1, 0.15) is 49.6 Å². The predicted molar refractivity (Wildman–Crippen MR) is 150 cm³/mol. The first-order chi connectivity index (χ1) is 18.3. The minimum absolute atomic E-state index is 0.0171.